The van der Waals surface area contributed by atoms with Gasteiger partial charge in [0.15, 0.2) is 5.89 Å². The molecule has 0 aliphatic carbocycles. The largest absolute Gasteiger partial charge is 0.436 e. The second kappa shape index (κ2) is 6.20. The molecule has 1 saturated heterocycles. The highest BCUT2D eigenvalue weighted by molar-refractivity contribution is 5.92. The van der Waals surface area contributed by atoms with E-state index in [1.54, 1.807) is 13.8 Å². The predicted octanol–water partition coefficient (Wildman–Crippen LogP) is 1.44. The third-order valence-electron chi connectivity index (χ3n) is 3.21. The average molecular weight is 274 g/mol. The van der Waals surface area contributed by atoms with Gasteiger partial charge in [-0.1, -0.05) is 6.92 Å². The van der Waals surface area contributed by atoms with E-state index in [0.717, 1.165) is 19.5 Å². The molecule has 0 radical (unpaired) electrons. The molecule has 0 saturated carbocycles. The van der Waals surface area contributed by atoms with Crippen LogP contribution in [0.4, 0.5) is 0 Å². The van der Waals surface area contributed by atoms with Crippen molar-refractivity contribution in [2.24, 2.45) is 5.92 Å². The molecular formula is C12H20ClN3O2. The molecule has 2 N–H and O–H groups in total. The summed E-state index contributed by atoms with van der Waals surface area (Å²) in [7, 11) is 0. The first-order chi connectivity index (χ1) is 8.08. The van der Waals surface area contributed by atoms with Crippen LogP contribution in [0.1, 0.15) is 35.5 Å². The van der Waals surface area contributed by atoms with Crippen LogP contribution in [-0.4, -0.2) is 30.0 Å². The Morgan fingerprint density at radius 1 is 1.50 bits per heavy atom. The summed E-state index contributed by atoms with van der Waals surface area (Å²) in [5.41, 5.74) is 0.654. The van der Waals surface area contributed by atoms with Gasteiger partial charge in [-0.15, -0.1) is 12.4 Å². The molecule has 2 heterocycles. The van der Waals surface area contributed by atoms with Crippen molar-refractivity contribution in [2.75, 3.05) is 13.1 Å². The van der Waals surface area contributed by atoms with E-state index >= 15 is 0 Å². The van der Waals surface area contributed by atoms with Crippen molar-refractivity contribution in [3.05, 3.63) is 17.3 Å². The fourth-order valence-corrected chi connectivity index (χ4v) is 2.20. The van der Waals surface area contributed by atoms with Gasteiger partial charge >= 0.3 is 0 Å². The zero-order valence-corrected chi connectivity index (χ0v) is 11.8. The fraction of sp³-hybridized carbons (Fsp3) is 0.667. The van der Waals surface area contributed by atoms with E-state index in [4.69, 9.17) is 4.42 Å². The molecule has 0 bridgehead atoms. The zero-order valence-electron chi connectivity index (χ0n) is 10.9. The highest BCUT2D eigenvalue weighted by Gasteiger charge is 2.25. The van der Waals surface area contributed by atoms with Gasteiger partial charge in [0, 0.05) is 13.0 Å². The number of nitrogens with one attached hydrogen (secondary N) is 2. The summed E-state index contributed by atoms with van der Waals surface area (Å²) in [6.45, 7) is 7.56. The fourth-order valence-electron chi connectivity index (χ4n) is 2.20. The molecular weight excluding hydrogens is 254 g/mol. The number of piperidine rings is 1. The first-order valence-electron chi connectivity index (χ1n) is 6.03. The Morgan fingerprint density at radius 3 is 2.78 bits per heavy atom. The van der Waals surface area contributed by atoms with Gasteiger partial charge in [0.25, 0.3) is 5.91 Å². The Bertz CT molecular complexity index is 419. The Balaban J connectivity index is 0.00000162. The van der Waals surface area contributed by atoms with Crippen molar-refractivity contribution in [3.8, 4) is 0 Å². The molecule has 0 aromatic carbocycles. The first kappa shape index (κ1) is 15.0. The maximum absolute atomic E-state index is 12.0. The summed E-state index contributed by atoms with van der Waals surface area (Å²) in [5, 5.41) is 6.33. The summed E-state index contributed by atoms with van der Waals surface area (Å²) in [4.78, 5) is 16.1. The Kier molecular flexibility index (Phi) is 5.16. The van der Waals surface area contributed by atoms with Gasteiger partial charge in [-0.25, -0.2) is 4.98 Å². The summed E-state index contributed by atoms with van der Waals surface area (Å²) in [6, 6.07) is 0.216. The lowest BCUT2D eigenvalue weighted by atomic mass is 9.95. The highest BCUT2D eigenvalue weighted by atomic mass is 35.5. The van der Waals surface area contributed by atoms with Crippen LogP contribution in [-0.2, 0) is 0 Å². The molecule has 1 aromatic heterocycles. The van der Waals surface area contributed by atoms with Crippen molar-refractivity contribution in [1.29, 1.82) is 0 Å². The molecule has 6 heteroatoms. The third kappa shape index (κ3) is 3.23. The van der Waals surface area contributed by atoms with Crippen LogP contribution >= 0.6 is 12.4 Å². The van der Waals surface area contributed by atoms with Gasteiger partial charge in [-0.3, -0.25) is 4.79 Å². The molecule has 5 nitrogen and oxygen atoms in total. The van der Waals surface area contributed by atoms with E-state index in [-0.39, 0.29) is 24.4 Å². The van der Waals surface area contributed by atoms with Gasteiger partial charge in [0.1, 0.15) is 0 Å². The molecule has 1 fully saturated rings. The lowest BCUT2D eigenvalue weighted by molar-refractivity contribution is 0.0883. The van der Waals surface area contributed by atoms with Crippen LogP contribution in [0.2, 0.25) is 0 Å². The SMILES string of the molecule is Cc1nc(C)c(C(=O)NC2CCNCC2C)o1.Cl. The molecule has 0 spiro atoms. The standard InChI is InChI=1S/C12H19N3O2.ClH/c1-7-6-13-5-4-10(7)15-12(16)11-8(2)14-9(3)17-11;/h7,10,13H,4-6H2,1-3H3,(H,15,16);1H. The number of carbonyl (C=O) groups is 1. The number of rotatable bonds is 2. The quantitative estimate of drug-likeness (QED) is 0.856. The number of halogens is 1. The van der Waals surface area contributed by atoms with E-state index in [1.165, 1.54) is 0 Å². The summed E-state index contributed by atoms with van der Waals surface area (Å²) in [6.07, 6.45) is 0.957. The van der Waals surface area contributed by atoms with E-state index in [2.05, 4.69) is 22.5 Å². The van der Waals surface area contributed by atoms with Crippen molar-refractivity contribution >= 4 is 18.3 Å². The van der Waals surface area contributed by atoms with Crippen molar-refractivity contribution in [1.82, 2.24) is 15.6 Å². The molecule has 1 amide bonds. The van der Waals surface area contributed by atoms with Crippen LogP contribution < -0.4 is 10.6 Å². The number of aromatic nitrogens is 1. The van der Waals surface area contributed by atoms with Crippen molar-refractivity contribution in [3.63, 3.8) is 0 Å². The average Bonchev–Trinajstić information content (AvgIpc) is 2.61. The molecule has 2 unspecified atom stereocenters. The second-order valence-electron chi connectivity index (χ2n) is 4.70. The monoisotopic (exact) mass is 273 g/mol. The van der Waals surface area contributed by atoms with Crippen LogP contribution in [0, 0.1) is 19.8 Å². The number of aryl methyl sites for hydroxylation is 2. The minimum absolute atomic E-state index is 0. The number of carbonyl (C=O) groups excluding carboxylic acids is 1. The third-order valence-corrected chi connectivity index (χ3v) is 3.21. The molecule has 1 aliphatic rings. The molecule has 2 atom stereocenters. The summed E-state index contributed by atoms with van der Waals surface area (Å²) >= 11 is 0. The normalized spacial score (nSPS) is 23.3. The highest BCUT2D eigenvalue weighted by Crippen LogP contribution is 2.13. The van der Waals surface area contributed by atoms with E-state index in [1.807, 2.05) is 0 Å². The molecule has 1 aliphatic heterocycles. The zero-order chi connectivity index (χ0) is 12.4. The minimum atomic E-state index is -0.151. The van der Waals surface area contributed by atoms with Crippen LogP contribution in [0.25, 0.3) is 0 Å². The van der Waals surface area contributed by atoms with E-state index in [0.29, 0.717) is 23.3 Å². The van der Waals surface area contributed by atoms with Gasteiger partial charge in [-0.2, -0.15) is 0 Å². The van der Waals surface area contributed by atoms with Gasteiger partial charge < -0.3 is 15.1 Å². The lowest BCUT2D eigenvalue weighted by Gasteiger charge is -2.29. The number of hydrogen-bond acceptors (Lipinski definition) is 4. The van der Waals surface area contributed by atoms with Crippen molar-refractivity contribution < 1.29 is 9.21 Å². The summed E-state index contributed by atoms with van der Waals surface area (Å²) in [5.74, 6) is 1.16. The van der Waals surface area contributed by atoms with Crippen LogP contribution in [0.3, 0.4) is 0 Å². The topological polar surface area (TPSA) is 67.2 Å². The van der Waals surface area contributed by atoms with Gasteiger partial charge in [0.2, 0.25) is 5.76 Å². The van der Waals surface area contributed by atoms with Gasteiger partial charge in [-0.05, 0) is 32.4 Å². The van der Waals surface area contributed by atoms with E-state index in [9.17, 15) is 4.79 Å². The smallest absolute Gasteiger partial charge is 0.289 e. The van der Waals surface area contributed by atoms with Crippen molar-refractivity contribution in [2.45, 2.75) is 33.2 Å². The molecule has 18 heavy (non-hydrogen) atoms. The number of nitrogens with zero attached hydrogens (tertiary/aromatic N) is 1. The number of amides is 1. The maximum atomic E-state index is 12.0. The second-order valence-corrected chi connectivity index (χ2v) is 4.70. The van der Waals surface area contributed by atoms with Crippen LogP contribution in [0.5, 0.6) is 0 Å². The molecule has 2 rings (SSSR count). The number of oxazole rings is 1. The van der Waals surface area contributed by atoms with Gasteiger partial charge in [0.05, 0.1) is 5.69 Å². The summed E-state index contributed by atoms with van der Waals surface area (Å²) < 4.78 is 5.31. The Labute approximate surface area is 113 Å². The Hall–Kier alpha value is -1.07. The van der Waals surface area contributed by atoms with E-state index < -0.39 is 0 Å². The predicted molar refractivity (Wildman–Crippen MR) is 71.1 cm³/mol. The number of hydrogen-bond donors (Lipinski definition) is 2. The lowest BCUT2D eigenvalue weighted by Crippen LogP contribution is -2.48. The molecule has 102 valence electrons. The first-order valence-corrected chi connectivity index (χ1v) is 6.03. The maximum Gasteiger partial charge on any atom is 0.289 e. The molecule has 1 aromatic rings. The minimum Gasteiger partial charge on any atom is -0.436 e. The van der Waals surface area contributed by atoms with Crippen LogP contribution in [0.15, 0.2) is 4.42 Å². The Morgan fingerprint density at radius 2 is 2.22 bits per heavy atom.